The second-order valence-electron chi connectivity index (χ2n) is 0.805. The van der Waals surface area contributed by atoms with E-state index in [2.05, 4.69) is 11.3 Å². The molecule has 2 nitrogen and oxygen atoms in total. The third kappa shape index (κ3) is 3.34. The fraction of sp³-hybridized carbons (Fsp3) is 0.500. The van der Waals surface area contributed by atoms with Crippen molar-refractivity contribution in [3.63, 3.8) is 0 Å². The quantitative estimate of drug-likeness (QED) is 0.460. The summed E-state index contributed by atoms with van der Waals surface area (Å²) in [5.74, 6) is -0.461. The van der Waals surface area contributed by atoms with Crippen LogP contribution in [0.2, 0.25) is 0 Å². The molecule has 0 saturated carbocycles. The Bertz CT molecular complexity index is 49.5. The minimum absolute atomic E-state index is 0.419. The summed E-state index contributed by atoms with van der Waals surface area (Å²) in [6, 6.07) is 0. The molecule has 0 aliphatic carbocycles. The maximum atomic E-state index is 9.71. The van der Waals surface area contributed by atoms with Crippen molar-refractivity contribution in [2.75, 3.05) is 6.61 Å². The van der Waals surface area contributed by atoms with Crippen LogP contribution in [-0.4, -0.2) is 6.61 Å². The van der Waals surface area contributed by atoms with E-state index in [1.54, 1.807) is 6.92 Å². The first-order valence-corrected chi connectivity index (χ1v) is 1.76. The molecule has 1 radical (unpaired) electrons. The van der Waals surface area contributed by atoms with Crippen LogP contribution in [0.3, 0.4) is 0 Å². The van der Waals surface area contributed by atoms with E-state index >= 15 is 0 Å². The van der Waals surface area contributed by atoms with E-state index in [0.29, 0.717) is 6.61 Å². The molecule has 0 spiro atoms. The normalized spacial score (nSPS) is 7.50. The first-order chi connectivity index (χ1) is 2.77. The van der Waals surface area contributed by atoms with Crippen LogP contribution in [0, 0.1) is 0 Å². The smallest absolute Gasteiger partial charge is 0.323 e. The molecular weight excluding hydrogens is 80.0 g/mol. The van der Waals surface area contributed by atoms with Crippen molar-refractivity contribution in [3.05, 3.63) is 12.5 Å². The molecular formula is C4H7O2. The molecule has 0 rings (SSSR count). The van der Waals surface area contributed by atoms with Gasteiger partial charge in [-0.2, -0.15) is 0 Å². The predicted octanol–water partition coefficient (Wildman–Crippen LogP) is 0.925. The van der Waals surface area contributed by atoms with Crippen LogP contribution < -0.4 is 0 Å². The van der Waals surface area contributed by atoms with Crippen LogP contribution in [0.15, 0.2) is 12.5 Å². The summed E-state index contributed by atoms with van der Waals surface area (Å²) in [5, 5.41) is 9.71. The Morgan fingerprint density at radius 3 is 2.50 bits per heavy atom. The van der Waals surface area contributed by atoms with E-state index in [-0.39, 0.29) is 0 Å². The molecule has 0 heterocycles. The Balaban J connectivity index is 2.83. The zero-order valence-corrected chi connectivity index (χ0v) is 3.73. The highest BCUT2D eigenvalue weighted by Gasteiger charge is 1.80. The van der Waals surface area contributed by atoms with Gasteiger partial charge in [-0.15, -0.1) is 0 Å². The molecule has 0 aliphatic heterocycles. The Morgan fingerprint density at radius 2 is 2.50 bits per heavy atom. The summed E-state index contributed by atoms with van der Waals surface area (Å²) < 4.78 is 4.29. The van der Waals surface area contributed by atoms with Crippen molar-refractivity contribution in [2.24, 2.45) is 0 Å². The lowest BCUT2D eigenvalue weighted by molar-refractivity contribution is 0.0622. The van der Waals surface area contributed by atoms with Crippen molar-refractivity contribution in [2.45, 2.75) is 6.92 Å². The van der Waals surface area contributed by atoms with Crippen molar-refractivity contribution in [3.8, 4) is 0 Å². The van der Waals surface area contributed by atoms with Gasteiger partial charge < -0.3 is 4.74 Å². The lowest BCUT2D eigenvalue weighted by Crippen LogP contribution is -1.83. The Labute approximate surface area is 37.1 Å². The largest absolute Gasteiger partial charge is 0.463 e. The number of hydrogen-bond acceptors (Lipinski definition) is 1. The van der Waals surface area contributed by atoms with Crippen LogP contribution in [0.5, 0.6) is 0 Å². The van der Waals surface area contributed by atoms with Crippen LogP contribution in [0.4, 0.5) is 0 Å². The van der Waals surface area contributed by atoms with E-state index in [0.717, 1.165) is 0 Å². The Morgan fingerprint density at radius 1 is 2.00 bits per heavy atom. The van der Waals surface area contributed by atoms with Gasteiger partial charge in [0.2, 0.25) is 0 Å². The Hall–Kier alpha value is -0.660. The molecule has 0 amide bonds. The number of ether oxygens (including phenoxy) is 1. The molecule has 0 aliphatic rings. The van der Waals surface area contributed by atoms with Gasteiger partial charge in [0, 0.05) is 0 Å². The van der Waals surface area contributed by atoms with E-state index < -0.39 is 5.95 Å². The van der Waals surface area contributed by atoms with E-state index in [9.17, 15) is 5.11 Å². The summed E-state index contributed by atoms with van der Waals surface area (Å²) in [4.78, 5) is 0. The zero-order chi connectivity index (χ0) is 4.99. The number of rotatable bonds is 2. The molecule has 2 heteroatoms. The predicted molar refractivity (Wildman–Crippen MR) is 21.5 cm³/mol. The van der Waals surface area contributed by atoms with Crippen LogP contribution in [0.25, 0.3) is 0 Å². The van der Waals surface area contributed by atoms with Gasteiger partial charge in [-0.05, 0) is 13.5 Å². The van der Waals surface area contributed by atoms with Gasteiger partial charge in [-0.1, -0.05) is 0 Å². The van der Waals surface area contributed by atoms with Gasteiger partial charge in [-0.25, -0.2) is 5.11 Å². The van der Waals surface area contributed by atoms with Crippen LogP contribution in [-0.2, 0) is 9.84 Å². The second kappa shape index (κ2) is 2.57. The van der Waals surface area contributed by atoms with Crippen molar-refractivity contribution >= 4 is 0 Å². The molecule has 0 unspecified atom stereocenters. The van der Waals surface area contributed by atoms with E-state index in [1.165, 1.54) is 0 Å². The molecule has 0 aromatic heterocycles. The molecule has 6 heavy (non-hydrogen) atoms. The minimum Gasteiger partial charge on any atom is -0.463 e. The SMILES string of the molecule is C=C([O])OCC. The third-order valence-electron chi connectivity index (χ3n) is 0.305. The first kappa shape index (κ1) is 5.34. The molecule has 0 fully saturated rings. The third-order valence-corrected chi connectivity index (χ3v) is 0.305. The maximum absolute atomic E-state index is 9.71. The summed E-state index contributed by atoms with van der Waals surface area (Å²) in [6.07, 6.45) is 0. The molecule has 0 aromatic rings. The lowest BCUT2D eigenvalue weighted by Gasteiger charge is -1.90. The second-order valence-corrected chi connectivity index (χ2v) is 0.805. The van der Waals surface area contributed by atoms with E-state index in [1.807, 2.05) is 0 Å². The first-order valence-electron chi connectivity index (χ1n) is 1.76. The molecule has 0 saturated heterocycles. The van der Waals surface area contributed by atoms with Gasteiger partial charge >= 0.3 is 5.95 Å². The summed E-state index contributed by atoms with van der Waals surface area (Å²) in [5.41, 5.74) is 0. The van der Waals surface area contributed by atoms with Gasteiger partial charge in [0.1, 0.15) is 0 Å². The summed E-state index contributed by atoms with van der Waals surface area (Å²) in [6.45, 7) is 5.13. The standard InChI is InChI=1S/C4H7O2/c1-3-6-4(2)5/h2-3H2,1H3. The van der Waals surface area contributed by atoms with Gasteiger partial charge in [0.15, 0.2) is 0 Å². The summed E-state index contributed by atoms with van der Waals surface area (Å²) in [7, 11) is 0. The topological polar surface area (TPSA) is 29.1 Å². The average Bonchev–Trinajstić information content (AvgIpc) is 1.35. The summed E-state index contributed by atoms with van der Waals surface area (Å²) >= 11 is 0. The van der Waals surface area contributed by atoms with Crippen molar-refractivity contribution in [1.29, 1.82) is 0 Å². The lowest BCUT2D eigenvalue weighted by atomic mass is 10.8. The van der Waals surface area contributed by atoms with Crippen molar-refractivity contribution in [1.82, 2.24) is 0 Å². The average molecular weight is 87.1 g/mol. The fourth-order valence-corrected chi connectivity index (χ4v) is 0.161. The van der Waals surface area contributed by atoms with E-state index in [4.69, 9.17) is 0 Å². The molecule has 35 valence electrons. The monoisotopic (exact) mass is 87.0 g/mol. The van der Waals surface area contributed by atoms with Gasteiger partial charge in [0.25, 0.3) is 0 Å². The molecule has 0 N–H and O–H groups in total. The fourth-order valence-electron chi connectivity index (χ4n) is 0.161. The van der Waals surface area contributed by atoms with Gasteiger partial charge in [-0.3, -0.25) is 0 Å². The zero-order valence-electron chi connectivity index (χ0n) is 3.73. The van der Waals surface area contributed by atoms with Crippen LogP contribution >= 0.6 is 0 Å². The molecule has 0 bridgehead atoms. The van der Waals surface area contributed by atoms with Crippen LogP contribution in [0.1, 0.15) is 6.92 Å². The molecule has 0 atom stereocenters. The number of hydrogen-bond donors (Lipinski definition) is 0. The highest BCUT2D eigenvalue weighted by atomic mass is 16.6. The highest BCUT2D eigenvalue weighted by molar-refractivity contribution is 4.59. The Kier molecular flexibility index (Phi) is 2.29. The van der Waals surface area contributed by atoms with Crippen molar-refractivity contribution < 1.29 is 9.84 Å². The van der Waals surface area contributed by atoms with Gasteiger partial charge in [0.05, 0.1) is 6.61 Å². The maximum Gasteiger partial charge on any atom is 0.323 e. The molecule has 0 aromatic carbocycles. The highest BCUT2D eigenvalue weighted by Crippen LogP contribution is 1.82. The minimum atomic E-state index is -0.461.